The number of nitrogens with two attached hydrogens (primary N) is 1. The van der Waals surface area contributed by atoms with Crippen molar-refractivity contribution in [1.82, 2.24) is 14.5 Å². The Bertz CT molecular complexity index is 1380. The molecule has 2 N–H and O–H groups in total. The van der Waals surface area contributed by atoms with Gasteiger partial charge in [0.2, 0.25) is 5.95 Å². The topological polar surface area (TPSA) is 90.5 Å². The number of rotatable bonds is 4. The zero-order valence-electron chi connectivity index (χ0n) is 21.0. The molecule has 1 aliphatic heterocycles. The van der Waals surface area contributed by atoms with E-state index in [2.05, 4.69) is 4.98 Å². The van der Waals surface area contributed by atoms with Crippen LogP contribution >= 0.6 is 0 Å². The van der Waals surface area contributed by atoms with Gasteiger partial charge in [-0.15, -0.1) is 0 Å². The van der Waals surface area contributed by atoms with Crippen LogP contribution in [-0.2, 0) is 17.7 Å². The monoisotopic (exact) mass is 544 g/mol. The number of hydrogen-bond acceptors (Lipinski definition) is 5. The van der Waals surface area contributed by atoms with E-state index < -0.39 is 36.2 Å². The Kier molecular flexibility index (Phi) is 7.33. The summed E-state index contributed by atoms with van der Waals surface area (Å²) in [5.74, 6) is -1.83. The number of anilines is 1. The molecule has 5 rings (SSSR count). The molecule has 0 saturated heterocycles. The number of nitrogen functional groups attached to an aromatic ring is 1. The predicted molar refractivity (Wildman–Crippen MR) is 135 cm³/mol. The van der Waals surface area contributed by atoms with E-state index in [0.717, 1.165) is 5.56 Å². The van der Waals surface area contributed by atoms with Crippen LogP contribution in [0.3, 0.4) is 0 Å². The van der Waals surface area contributed by atoms with Crippen molar-refractivity contribution in [2.24, 2.45) is 5.92 Å². The Hall–Kier alpha value is -3.89. The van der Waals surface area contributed by atoms with Gasteiger partial charge in [0, 0.05) is 12.1 Å². The molecular formula is C28H28F4N4O3. The van der Waals surface area contributed by atoms with Gasteiger partial charge in [-0.05, 0) is 55.4 Å². The second-order valence-corrected chi connectivity index (χ2v) is 10.0. The van der Waals surface area contributed by atoms with Gasteiger partial charge < -0.3 is 15.4 Å². The summed E-state index contributed by atoms with van der Waals surface area (Å²) in [6.45, 7) is 0.190. The summed E-state index contributed by atoms with van der Waals surface area (Å²) >= 11 is 0. The Morgan fingerprint density at radius 1 is 1.00 bits per heavy atom. The summed E-state index contributed by atoms with van der Waals surface area (Å²) in [4.78, 5) is 32.4. The van der Waals surface area contributed by atoms with Crippen molar-refractivity contribution in [2.45, 2.75) is 57.0 Å². The number of carbonyl (C=O) groups excluding carboxylic acids is 1. The van der Waals surface area contributed by atoms with Gasteiger partial charge in [-0.2, -0.15) is 13.2 Å². The highest BCUT2D eigenvalue weighted by Crippen LogP contribution is 2.38. The summed E-state index contributed by atoms with van der Waals surface area (Å²) < 4.78 is 59.4. The Morgan fingerprint density at radius 2 is 1.64 bits per heavy atom. The minimum absolute atomic E-state index is 0.00110. The summed E-state index contributed by atoms with van der Waals surface area (Å²) in [6, 6.07) is 14.4. The number of nitrogens with zero attached hydrogens (tertiary/aromatic N) is 3. The van der Waals surface area contributed by atoms with Gasteiger partial charge in [-0.3, -0.25) is 9.36 Å². The molecule has 0 bridgehead atoms. The van der Waals surface area contributed by atoms with Crippen molar-refractivity contribution >= 4 is 12.0 Å². The van der Waals surface area contributed by atoms with Gasteiger partial charge in [0.25, 0.3) is 5.56 Å². The standard InChI is InChI=1S/C28H28F4N4O3/c29-20-10-6-18(7-11-20)24(17-4-2-1-3-5-17)36-25(37)22-14-15-35(16-23(22)34-26(36)33)27(38)39-21-12-8-19(9-13-21)28(30,31)32/h1-7,10-11,19,21,24H,8-9,12-16H2,(H2,33,34). The minimum Gasteiger partial charge on any atom is -0.446 e. The number of fused-ring (bicyclic) bond motifs is 1. The van der Waals surface area contributed by atoms with Crippen LogP contribution in [0.2, 0.25) is 0 Å². The third-order valence-corrected chi connectivity index (χ3v) is 7.52. The molecule has 0 radical (unpaired) electrons. The van der Waals surface area contributed by atoms with Crippen molar-refractivity contribution in [2.75, 3.05) is 12.3 Å². The lowest BCUT2D eigenvalue weighted by atomic mass is 9.87. The molecule has 1 fully saturated rings. The van der Waals surface area contributed by atoms with Crippen molar-refractivity contribution in [1.29, 1.82) is 0 Å². The van der Waals surface area contributed by atoms with Gasteiger partial charge in [0.15, 0.2) is 0 Å². The Morgan fingerprint density at radius 3 is 2.28 bits per heavy atom. The first kappa shape index (κ1) is 26.7. The molecule has 0 spiro atoms. The SMILES string of the molecule is Nc1nc2c(c(=O)n1C(c1ccccc1)c1ccc(F)cc1)CCN(C(=O)OC1CCC(C(F)(F)F)CC1)C2. The number of amides is 1. The van der Waals surface area contributed by atoms with Crippen LogP contribution in [0.15, 0.2) is 59.4 Å². The average molecular weight is 545 g/mol. The molecule has 1 atom stereocenters. The van der Waals surface area contributed by atoms with Crippen LogP contribution in [0.25, 0.3) is 0 Å². The van der Waals surface area contributed by atoms with Crippen LogP contribution in [0.4, 0.5) is 28.3 Å². The van der Waals surface area contributed by atoms with E-state index in [1.807, 2.05) is 30.3 Å². The number of ether oxygens (including phenoxy) is 1. The van der Waals surface area contributed by atoms with Gasteiger partial charge in [-0.1, -0.05) is 42.5 Å². The van der Waals surface area contributed by atoms with Crippen LogP contribution in [-0.4, -0.2) is 39.4 Å². The normalized spacial score (nSPS) is 20.3. The summed E-state index contributed by atoms with van der Waals surface area (Å²) in [5, 5.41) is 0. The maximum Gasteiger partial charge on any atom is 0.410 e. The maximum atomic E-state index is 13.7. The number of carbonyl (C=O) groups is 1. The number of halogens is 4. The molecule has 1 aliphatic carbocycles. The number of aromatic nitrogens is 2. The smallest absolute Gasteiger partial charge is 0.410 e. The van der Waals surface area contributed by atoms with E-state index in [1.165, 1.54) is 21.6 Å². The fraction of sp³-hybridized carbons (Fsp3) is 0.393. The zero-order valence-corrected chi connectivity index (χ0v) is 21.0. The zero-order chi connectivity index (χ0) is 27.7. The molecule has 206 valence electrons. The fourth-order valence-electron chi connectivity index (χ4n) is 5.42. The van der Waals surface area contributed by atoms with E-state index >= 15 is 0 Å². The van der Waals surface area contributed by atoms with Crippen molar-refractivity contribution < 1.29 is 27.1 Å². The number of benzene rings is 2. The highest BCUT2D eigenvalue weighted by atomic mass is 19.4. The Labute approximate surface area is 222 Å². The third kappa shape index (κ3) is 5.62. The molecule has 7 nitrogen and oxygen atoms in total. The van der Waals surface area contributed by atoms with Gasteiger partial charge >= 0.3 is 12.3 Å². The molecule has 3 aromatic rings. The van der Waals surface area contributed by atoms with Crippen LogP contribution in [0.5, 0.6) is 0 Å². The summed E-state index contributed by atoms with van der Waals surface area (Å²) in [6.07, 6.45) is -5.08. The quantitative estimate of drug-likeness (QED) is 0.455. The van der Waals surface area contributed by atoms with E-state index in [1.54, 1.807) is 12.1 Å². The van der Waals surface area contributed by atoms with Crippen molar-refractivity contribution in [3.05, 3.63) is 93.2 Å². The molecule has 1 saturated carbocycles. The molecule has 2 aliphatic rings. The van der Waals surface area contributed by atoms with Crippen molar-refractivity contribution in [3.63, 3.8) is 0 Å². The summed E-state index contributed by atoms with van der Waals surface area (Å²) in [7, 11) is 0. The van der Waals surface area contributed by atoms with Crippen LogP contribution < -0.4 is 11.3 Å². The van der Waals surface area contributed by atoms with Crippen molar-refractivity contribution in [3.8, 4) is 0 Å². The molecule has 2 heterocycles. The maximum absolute atomic E-state index is 13.7. The third-order valence-electron chi connectivity index (χ3n) is 7.52. The molecule has 1 aromatic heterocycles. The van der Waals surface area contributed by atoms with E-state index in [9.17, 15) is 27.2 Å². The Balaban J connectivity index is 1.37. The van der Waals surface area contributed by atoms with Crippen LogP contribution in [0.1, 0.15) is 54.1 Å². The van der Waals surface area contributed by atoms with Gasteiger partial charge in [0.05, 0.1) is 24.2 Å². The lowest BCUT2D eigenvalue weighted by molar-refractivity contribution is -0.186. The molecular weight excluding hydrogens is 516 g/mol. The lowest BCUT2D eigenvalue weighted by Crippen LogP contribution is -2.43. The van der Waals surface area contributed by atoms with E-state index in [0.29, 0.717) is 16.8 Å². The fourth-order valence-corrected chi connectivity index (χ4v) is 5.42. The summed E-state index contributed by atoms with van der Waals surface area (Å²) in [5.41, 5.74) is 8.15. The van der Waals surface area contributed by atoms with Gasteiger partial charge in [-0.25, -0.2) is 14.2 Å². The molecule has 1 amide bonds. The molecule has 2 aromatic carbocycles. The average Bonchev–Trinajstić information content (AvgIpc) is 2.91. The highest BCUT2D eigenvalue weighted by Gasteiger charge is 2.42. The molecule has 1 unspecified atom stereocenters. The second-order valence-electron chi connectivity index (χ2n) is 10.0. The lowest BCUT2D eigenvalue weighted by Gasteiger charge is -2.33. The number of alkyl halides is 3. The van der Waals surface area contributed by atoms with E-state index in [4.69, 9.17) is 10.5 Å². The molecule has 11 heteroatoms. The first-order chi connectivity index (χ1) is 18.6. The minimum atomic E-state index is -4.24. The second kappa shape index (κ2) is 10.7. The number of hydrogen-bond donors (Lipinski definition) is 1. The predicted octanol–water partition coefficient (Wildman–Crippen LogP) is 5.22. The van der Waals surface area contributed by atoms with Gasteiger partial charge in [0.1, 0.15) is 11.9 Å². The largest absolute Gasteiger partial charge is 0.446 e. The van der Waals surface area contributed by atoms with Crippen LogP contribution in [0, 0.1) is 11.7 Å². The molecule has 39 heavy (non-hydrogen) atoms. The first-order valence-electron chi connectivity index (χ1n) is 12.8. The first-order valence-corrected chi connectivity index (χ1v) is 12.8. The highest BCUT2D eigenvalue weighted by molar-refractivity contribution is 5.68. The van der Waals surface area contributed by atoms with E-state index in [-0.39, 0.29) is 56.7 Å².